The number of fused-ring (bicyclic) bond motifs is 1. The molecule has 4 rings (SSSR count). The minimum atomic E-state index is -0.182. The van der Waals surface area contributed by atoms with E-state index in [2.05, 4.69) is 10.3 Å². The van der Waals surface area contributed by atoms with Crippen molar-refractivity contribution in [1.29, 1.82) is 0 Å². The van der Waals surface area contributed by atoms with Crippen molar-refractivity contribution in [3.05, 3.63) is 90.3 Å². The zero-order chi connectivity index (χ0) is 17.2. The molecule has 2 aromatic heterocycles. The van der Waals surface area contributed by atoms with Gasteiger partial charge in [-0.25, -0.2) is 4.98 Å². The Kier molecular flexibility index (Phi) is 3.78. The highest BCUT2D eigenvalue weighted by Crippen LogP contribution is 2.25. The van der Waals surface area contributed by atoms with Crippen LogP contribution in [0.4, 0.5) is 5.82 Å². The van der Waals surface area contributed by atoms with E-state index in [9.17, 15) is 4.79 Å². The number of hydrogen-bond acceptors (Lipinski definition) is 2. The van der Waals surface area contributed by atoms with E-state index in [1.165, 1.54) is 0 Å². The molecule has 1 N–H and O–H groups in total. The molecule has 0 fully saturated rings. The highest BCUT2D eigenvalue weighted by atomic mass is 16.2. The first-order valence-electron chi connectivity index (χ1n) is 8.13. The molecule has 4 aromatic rings. The number of anilines is 1. The second kappa shape index (κ2) is 6.24. The molecular weight excluding hydrogens is 310 g/mol. The molecule has 122 valence electrons. The number of rotatable bonds is 3. The molecule has 2 heterocycles. The van der Waals surface area contributed by atoms with Crippen molar-refractivity contribution in [2.45, 2.75) is 6.92 Å². The first-order valence-corrected chi connectivity index (χ1v) is 8.13. The largest absolute Gasteiger partial charge is 0.305 e. The Bertz CT molecular complexity index is 1050. The third-order valence-corrected chi connectivity index (χ3v) is 4.09. The average molecular weight is 327 g/mol. The van der Waals surface area contributed by atoms with Crippen molar-refractivity contribution in [3.8, 4) is 5.69 Å². The van der Waals surface area contributed by atoms with E-state index in [0.717, 1.165) is 22.3 Å². The fourth-order valence-corrected chi connectivity index (χ4v) is 2.97. The molecule has 0 radical (unpaired) electrons. The van der Waals surface area contributed by atoms with Crippen LogP contribution in [0.25, 0.3) is 16.6 Å². The minimum absolute atomic E-state index is 0.182. The molecule has 25 heavy (non-hydrogen) atoms. The number of carbonyl (C=O) groups excluding carboxylic acids is 1. The molecule has 0 saturated carbocycles. The zero-order valence-electron chi connectivity index (χ0n) is 13.8. The van der Waals surface area contributed by atoms with Crippen LogP contribution in [0.3, 0.4) is 0 Å². The van der Waals surface area contributed by atoms with E-state index in [4.69, 9.17) is 0 Å². The highest BCUT2D eigenvalue weighted by molar-refractivity contribution is 6.06. The maximum atomic E-state index is 12.9. The maximum absolute atomic E-state index is 12.9. The molecule has 4 nitrogen and oxygen atoms in total. The number of carbonyl (C=O) groups is 1. The van der Waals surface area contributed by atoms with Gasteiger partial charge in [0.1, 0.15) is 11.5 Å². The van der Waals surface area contributed by atoms with Crippen LogP contribution in [-0.4, -0.2) is 15.5 Å². The lowest BCUT2D eigenvalue weighted by molar-refractivity contribution is 0.102. The number of aromatic nitrogens is 2. The first kappa shape index (κ1) is 15.1. The van der Waals surface area contributed by atoms with Crippen LogP contribution in [0.5, 0.6) is 0 Å². The summed E-state index contributed by atoms with van der Waals surface area (Å²) in [5.74, 6) is 0.369. The Morgan fingerprint density at radius 3 is 2.48 bits per heavy atom. The quantitative estimate of drug-likeness (QED) is 0.598. The second-order valence-corrected chi connectivity index (χ2v) is 5.88. The van der Waals surface area contributed by atoms with Crippen LogP contribution in [-0.2, 0) is 0 Å². The van der Waals surface area contributed by atoms with Crippen LogP contribution < -0.4 is 5.32 Å². The van der Waals surface area contributed by atoms with E-state index >= 15 is 0 Å². The lowest BCUT2D eigenvalue weighted by Gasteiger charge is -2.11. The lowest BCUT2D eigenvalue weighted by atomic mass is 10.2. The smallest absolute Gasteiger partial charge is 0.273 e. The summed E-state index contributed by atoms with van der Waals surface area (Å²) in [6, 6.07) is 25.3. The topological polar surface area (TPSA) is 46.9 Å². The van der Waals surface area contributed by atoms with Crippen molar-refractivity contribution in [1.82, 2.24) is 9.55 Å². The molecule has 0 saturated heterocycles. The fourth-order valence-electron chi connectivity index (χ4n) is 2.97. The molecule has 0 bridgehead atoms. The van der Waals surface area contributed by atoms with Crippen LogP contribution >= 0.6 is 0 Å². The molecule has 1 amide bonds. The SMILES string of the molecule is Cc1cccc(NC(=O)c2cc3ccccc3n2-c2ccccc2)n1. The number of nitrogens with zero attached hydrogens (tertiary/aromatic N) is 2. The van der Waals surface area contributed by atoms with Gasteiger partial charge >= 0.3 is 0 Å². The number of para-hydroxylation sites is 2. The highest BCUT2D eigenvalue weighted by Gasteiger charge is 2.17. The summed E-state index contributed by atoms with van der Waals surface area (Å²) in [4.78, 5) is 17.3. The third-order valence-electron chi connectivity index (χ3n) is 4.09. The van der Waals surface area contributed by atoms with E-state index in [0.29, 0.717) is 11.5 Å². The van der Waals surface area contributed by atoms with Gasteiger partial charge in [0.15, 0.2) is 0 Å². The third kappa shape index (κ3) is 2.90. The molecule has 2 aromatic carbocycles. The number of pyridine rings is 1. The minimum Gasteiger partial charge on any atom is -0.305 e. The monoisotopic (exact) mass is 327 g/mol. The second-order valence-electron chi connectivity index (χ2n) is 5.88. The fraction of sp³-hybridized carbons (Fsp3) is 0.0476. The Morgan fingerprint density at radius 1 is 0.920 bits per heavy atom. The Hall–Kier alpha value is -3.40. The van der Waals surface area contributed by atoms with Gasteiger partial charge in [-0.1, -0.05) is 42.5 Å². The van der Waals surface area contributed by atoms with E-state index in [1.807, 2.05) is 84.3 Å². The Morgan fingerprint density at radius 2 is 1.68 bits per heavy atom. The number of aryl methyl sites for hydroxylation is 1. The van der Waals surface area contributed by atoms with Crippen molar-refractivity contribution < 1.29 is 4.79 Å². The van der Waals surface area contributed by atoms with Crippen molar-refractivity contribution in [3.63, 3.8) is 0 Å². The van der Waals surface area contributed by atoms with Gasteiger partial charge < -0.3 is 9.88 Å². The molecule has 0 aliphatic rings. The normalized spacial score (nSPS) is 10.8. The van der Waals surface area contributed by atoms with Crippen LogP contribution in [0.15, 0.2) is 78.9 Å². The van der Waals surface area contributed by atoms with E-state index < -0.39 is 0 Å². The van der Waals surface area contributed by atoms with E-state index in [-0.39, 0.29) is 5.91 Å². The van der Waals surface area contributed by atoms with Crippen molar-refractivity contribution >= 4 is 22.6 Å². The molecule has 0 atom stereocenters. The molecule has 0 spiro atoms. The van der Waals surface area contributed by atoms with Gasteiger partial charge in [0.05, 0.1) is 5.52 Å². The van der Waals surface area contributed by atoms with Crippen LogP contribution in [0.1, 0.15) is 16.2 Å². The molecule has 0 aliphatic carbocycles. The summed E-state index contributed by atoms with van der Waals surface area (Å²) in [7, 11) is 0. The molecular formula is C21H17N3O. The summed E-state index contributed by atoms with van der Waals surface area (Å²) in [6.07, 6.45) is 0. The van der Waals surface area contributed by atoms with Gasteiger partial charge in [-0.15, -0.1) is 0 Å². The first-order chi connectivity index (χ1) is 12.2. The molecule has 0 aliphatic heterocycles. The standard InChI is InChI=1S/C21H17N3O/c1-15-8-7-13-20(22-15)23-21(25)19-14-16-9-5-6-12-18(16)24(19)17-10-3-2-4-11-17/h2-14H,1H3,(H,22,23,25). The summed E-state index contributed by atoms with van der Waals surface area (Å²) >= 11 is 0. The molecule has 4 heteroatoms. The van der Waals surface area contributed by atoms with Gasteiger partial charge in [0.2, 0.25) is 0 Å². The summed E-state index contributed by atoms with van der Waals surface area (Å²) < 4.78 is 1.97. The van der Waals surface area contributed by atoms with Crippen LogP contribution in [0, 0.1) is 6.92 Å². The Balaban J connectivity index is 1.82. The summed E-state index contributed by atoms with van der Waals surface area (Å²) in [6.45, 7) is 1.90. The number of amides is 1. The maximum Gasteiger partial charge on any atom is 0.273 e. The average Bonchev–Trinajstić information content (AvgIpc) is 3.02. The van der Waals surface area contributed by atoms with Gasteiger partial charge in [-0.2, -0.15) is 0 Å². The Labute approximate surface area is 145 Å². The number of hydrogen-bond donors (Lipinski definition) is 1. The summed E-state index contributed by atoms with van der Waals surface area (Å²) in [5.41, 5.74) is 3.39. The van der Waals surface area contributed by atoms with Gasteiger partial charge in [-0.05, 0) is 43.3 Å². The predicted octanol–water partition coefficient (Wildman–Crippen LogP) is 4.59. The van der Waals surface area contributed by atoms with Gasteiger partial charge in [0, 0.05) is 16.8 Å². The summed E-state index contributed by atoms with van der Waals surface area (Å²) in [5, 5.41) is 3.92. The van der Waals surface area contributed by atoms with Gasteiger partial charge in [0.25, 0.3) is 5.91 Å². The van der Waals surface area contributed by atoms with Crippen molar-refractivity contribution in [2.24, 2.45) is 0 Å². The number of benzene rings is 2. The van der Waals surface area contributed by atoms with Crippen LogP contribution in [0.2, 0.25) is 0 Å². The van der Waals surface area contributed by atoms with Crippen molar-refractivity contribution in [2.75, 3.05) is 5.32 Å². The lowest BCUT2D eigenvalue weighted by Crippen LogP contribution is -2.17. The van der Waals surface area contributed by atoms with Gasteiger partial charge in [-0.3, -0.25) is 4.79 Å². The number of nitrogens with one attached hydrogen (secondary N) is 1. The zero-order valence-corrected chi connectivity index (χ0v) is 13.8. The molecule has 0 unspecified atom stereocenters. The van der Waals surface area contributed by atoms with E-state index in [1.54, 1.807) is 6.07 Å². The predicted molar refractivity (Wildman–Crippen MR) is 100 cm³/mol.